The second-order valence-electron chi connectivity index (χ2n) is 4.64. The molecule has 0 amide bonds. The first-order valence-corrected chi connectivity index (χ1v) is 6.14. The zero-order valence-electron chi connectivity index (χ0n) is 10.2. The minimum atomic E-state index is -1.08. The van der Waals surface area contributed by atoms with Gasteiger partial charge < -0.3 is 5.11 Å². The Morgan fingerprint density at radius 3 is 2.35 bits per heavy atom. The minimum absolute atomic E-state index is 0.180. The van der Waals surface area contributed by atoms with Crippen molar-refractivity contribution in [1.82, 2.24) is 0 Å². The maximum atomic E-state index is 12.0. The fourth-order valence-electron chi connectivity index (χ4n) is 2.36. The Kier molecular flexibility index (Phi) is 5.13. The van der Waals surface area contributed by atoms with Gasteiger partial charge in [0.2, 0.25) is 0 Å². The smallest absolute Gasteiger partial charge is 0.314 e. The van der Waals surface area contributed by atoms with Crippen molar-refractivity contribution in [1.29, 1.82) is 0 Å². The van der Waals surface area contributed by atoms with Gasteiger partial charge in [0.25, 0.3) is 0 Å². The van der Waals surface area contributed by atoms with Gasteiger partial charge in [0.1, 0.15) is 5.92 Å². The molecule has 3 nitrogen and oxygen atoms in total. The van der Waals surface area contributed by atoms with E-state index in [0.717, 1.165) is 25.7 Å². The summed E-state index contributed by atoms with van der Waals surface area (Å²) < 4.78 is 0. The number of ketones is 1. The monoisotopic (exact) mass is 236 g/mol. The highest BCUT2D eigenvalue weighted by Gasteiger charge is 2.30. The summed E-state index contributed by atoms with van der Waals surface area (Å²) in [6.07, 6.45) is 7.00. The van der Waals surface area contributed by atoms with E-state index >= 15 is 0 Å². The van der Waals surface area contributed by atoms with Gasteiger partial charge in [0.05, 0.1) is 0 Å². The van der Waals surface area contributed by atoms with Gasteiger partial charge in [-0.2, -0.15) is 0 Å². The molecule has 0 saturated heterocycles. The first kappa shape index (κ1) is 13.7. The molecule has 1 rings (SSSR count). The summed E-state index contributed by atoms with van der Waals surface area (Å²) in [5, 5.41) is 9.01. The highest BCUT2D eigenvalue weighted by atomic mass is 16.4. The molecule has 0 heterocycles. The Morgan fingerprint density at radius 2 is 1.88 bits per heavy atom. The lowest BCUT2D eigenvalue weighted by Gasteiger charge is -2.24. The van der Waals surface area contributed by atoms with Crippen LogP contribution in [0.4, 0.5) is 0 Å². The molecule has 1 saturated carbocycles. The third-order valence-corrected chi connectivity index (χ3v) is 3.43. The SMILES string of the molecule is C=CCC(C(=O)O)C(=O)C(=C)C1CCCCC1. The zero-order chi connectivity index (χ0) is 12.8. The molecule has 0 radical (unpaired) electrons. The zero-order valence-corrected chi connectivity index (χ0v) is 10.2. The van der Waals surface area contributed by atoms with Crippen LogP contribution in [0.25, 0.3) is 0 Å². The van der Waals surface area contributed by atoms with Gasteiger partial charge in [-0.05, 0) is 30.8 Å². The second-order valence-corrected chi connectivity index (χ2v) is 4.64. The van der Waals surface area contributed by atoms with Crippen molar-refractivity contribution >= 4 is 11.8 Å². The van der Waals surface area contributed by atoms with Crippen molar-refractivity contribution in [2.45, 2.75) is 38.5 Å². The molecular weight excluding hydrogens is 216 g/mol. The number of aliphatic carboxylic acids is 1. The first-order valence-electron chi connectivity index (χ1n) is 6.14. The molecular formula is C14H20O3. The summed E-state index contributed by atoms with van der Waals surface area (Å²) in [6, 6.07) is 0. The molecule has 1 unspecified atom stereocenters. The van der Waals surface area contributed by atoms with Crippen LogP contribution in [0.3, 0.4) is 0 Å². The Morgan fingerprint density at radius 1 is 1.29 bits per heavy atom. The predicted molar refractivity (Wildman–Crippen MR) is 66.7 cm³/mol. The van der Waals surface area contributed by atoms with Gasteiger partial charge in [-0.25, -0.2) is 0 Å². The van der Waals surface area contributed by atoms with Crippen molar-refractivity contribution in [3.8, 4) is 0 Å². The molecule has 1 atom stereocenters. The summed E-state index contributed by atoms with van der Waals surface area (Å²) in [6.45, 7) is 7.31. The average Bonchev–Trinajstić information content (AvgIpc) is 2.35. The molecule has 1 N–H and O–H groups in total. The quantitative estimate of drug-likeness (QED) is 0.438. The third kappa shape index (κ3) is 3.55. The fourth-order valence-corrected chi connectivity index (χ4v) is 2.36. The van der Waals surface area contributed by atoms with Crippen LogP contribution in [-0.4, -0.2) is 16.9 Å². The third-order valence-electron chi connectivity index (χ3n) is 3.43. The van der Waals surface area contributed by atoms with E-state index in [-0.39, 0.29) is 18.1 Å². The number of Topliss-reactive ketones (excluding diaryl/α,β-unsaturated/α-hetero) is 1. The van der Waals surface area contributed by atoms with Crippen LogP contribution in [0.5, 0.6) is 0 Å². The predicted octanol–water partition coefficient (Wildman–Crippen LogP) is 2.97. The Bertz CT molecular complexity index is 324. The van der Waals surface area contributed by atoms with Crippen LogP contribution in [0.2, 0.25) is 0 Å². The molecule has 1 aliphatic carbocycles. The largest absolute Gasteiger partial charge is 0.481 e. The van der Waals surface area contributed by atoms with Crippen LogP contribution in [0.1, 0.15) is 38.5 Å². The highest BCUT2D eigenvalue weighted by molar-refractivity contribution is 6.07. The lowest BCUT2D eigenvalue weighted by molar-refractivity contribution is -0.145. The van der Waals surface area contributed by atoms with E-state index in [1.807, 2.05) is 0 Å². The number of hydrogen-bond donors (Lipinski definition) is 1. The van der Waals surface area contributed by atoms with Crippen LogP contribution in [0, 0.1) is 11.8 Å². The van der Waals surface area contributed by atoms with Gasteiger partial charge in [-0.1, -0.05) is 31.9 Å². The summed E-state index contributed by atoms with van der Waals surface area (Å²) >= 11 is 0. The molecule has 0 aromatic rings. The van der Waals surface area contributed by atoms with E-state index in [9.17, 15) is 9.59 Å². The molecule has 1 aliphatic rings. The summed E-state index contributed by atoms with van der Waals surface area (Å²) in [5.41, 5.74) is 0.499. The molecule has 0 bridgehead atoms. The van der Waals surface area contributed by atoms with E-state index < -0.39 is 11.9 Å². The van der Waals surface area contributed by atoms with Crippen LogP contribution in [-0.2, 0) is 9.59 Å². The molecule has 0 aromatic carbocycles. The lowest BCUT2D eigenvalue weighted by atomic mass is 9.80. The van der Waals surface area contributed by atoms with Gasteiger partial charge in [-0.3, -0.25) is 9.59 Å². The number of allylic oxidation sites excluding steroid dienone is 2. The first-order chi connectivity index (χ1) is 8.07. The van der Waals surface area contributed by atoms with Gasteiger partial charge >= 0.3 is 5.97 Å². The Labute approximate surface area is 102 Å². The molecule has 17 heavy (non-hydrogen) atoms. The number of carbonyl (C=O) groups excluding carboxylic acids is 1. The fraction of sp³-hybridized carbons (Fsp3) is 0.571. The summed E-state index contributed by atoms with van der Waals surface area (Å²) in [5.74, 6) is -2.21. The Hall–Kier alpha value is -1.38. The normalized spacial score (nSPS) is 18.4. The number of carbonyl (C=O) groups is 2. The standard InChI is InChI=1S/C14H20O3/c1-3-7-12(14(16)17)13(15)10(2)11-8-5-4-6-9-11/h3,11-12H,1-2,4-9H2,(H,16,17). The molecule has 0 spiro atoms. The summed E-state index contributed by atoms with van der Waals surface area (Å²) in [4.78, 5) is 23.1. The van der Waals surface area contributed by atoms with E-state index in [1.54, 1.807) is 0 Å². The number of rotatable bonds is 6. The maximum Gasteiger partial charge on any atom is 0.314 e. The van der Waals surface area contributed by atoms with E-state index in [1.165, 1.54) is 12.5 Å². The van der Waals surface area contributed by atoms with Crippen molar-refractivity contribution in [2.75, 3.05) is 0 Å². The lowest BCUT2D eigenvalue weighted by Crippen LogP contribution is -2.27. The van der Waals surface area contributed by atoms with Crippen LogP contribution < -0.4 is 0 Å². The number of hydrogen-bond acceptors (Lipinski definition) is 2. The van der Waals surface area contributed by atoms with Gasteiger partial charge in [-0.15, -0.1) is 6.58 Å². The molecule has 94 valence electrons. The van der Waals surface area contributed by atoms with Crippen molar-refractivity contribution in [3.05, 3.63) is 24.8 Å². The number of carboxylic acids is 1. The average molecular weight is 236 g/mol. The molecule has 3 heteroatoms. The topological polar surface area (TPSA) is 54.4 Å². The van der Waals surface area contributed by atoms with Crippen molar-refractivity contribution in [3.63, 3.8) is 0 Å². The van der Waals surface area contributed by atoms with Gasteiger partial charge in [0.15, 0.2) is 5.78 Å². The molecule has 0 aromatic heterocycles. The maximum absolute atomic E-state index is 12.0. The molecule has 1 fully saturated rings. The van der Waals surface area contributed by atoms with Crippen molar-refractivity contribution in [2.24, 2.45) is 11.8 Å². The van der Waals surface area contributed by atoms with E-state index in [4.69, 9.17) is 5.11 Å². The minimum Gasteiger partial charge on any atom is -0.481 e. The highest BCUT2D eigenvalue weighted by Crippen LogP contribution is 2.31. The van der Waals surface area contributed by atoms with Crippen LogP contribution in [0.15, 0.2) is 24.8 Å². The van der Waals surface area contributed by atoms with Gasteiger partial charge in [0, 0.05) is 0 Å². The van der Waals surface area contributed by atoms with E-state index in [2.05, 4.69) is 13.2 Å². The summed E-state index contributed by atoms with van der Waals surface area (Å²) in [7, 11) is 0. The Balaban J connectivity index is 2.68. The second kappa shape index (κ2) is 6.38. The van der Waals surface area contributed by atoms with E-state index in [0.29, 0.717) is 5.57 Å². The molecule has 0 aliphatic heterocycles. The van der Waals surface area contributed by atoms with Crippen LogP contribution >= 0.6 is 0 Å². The number of carboxylic acid groups (broad SMARTS) is 1. The van der Waals surface area contributed by atoms with Crippen molar-refractivity contribution < 1.29 is 14.7 Å².